The zero-order chi connectivity index (χ0) is 13.1. The minimum Gasteiger partial charge on any atom is -0.496 e. The summed E-state index contributed by atoms with van der Waals surface area (Å²) in [6.45, 7) is 1.96. The number of ether oxygens (including phenoxy) is 1. The summed E-state index contributed by atoms with van der Waals surface area (Å²) in [6, 6.07) is 11.3. The summed E-state index contributed by atoms with van der Waals surface area (Å²) in [6.07, 6.45) is 0.790. The summed E-state index contributed by atoms with van der Waals surface area (Å²) in [4.78, 5) is 11.0. The molecule has 2 aromatic carbocycles. The van der Waals surface area contributed by atoms with Crippen LogP contribution < -0.4 is 4.74 Å². The van der Waals surface area contributed by atoms with E-state index < -0.39 is 0 Å². The first kappa shape index (κ1) is 12.7. The van der Waals surface area contributed by atoms with Gasteiger partial charge in [-0.15, -0.1) is 0 Å². The quantitative estimate of drug-likeness (QED) is 0.776. The van der Waals surface area contributed by atoms with E-state index in [1.807, 2.05) is 31.2 Å². The van der Waals surface area contributed by atoms with Crippen LogP contribution in [0.3, 0.4) is 0 Å². The number of aryl methyl sites for hydroxylation is 1. The van der Waals surface area contributed by atoms with Gasteiger partial charge in [-0.25, -0.2) is 0 Å². The number of hydrogen-bond donors (Lipinski definition) is 0. The third kappa shape index (κ3) is 2.39. The van der Waals surface area contributed by atoms with E-state index in [0.717, 1.165) is 28.0 Å². The largest absolute Gasteiger partial charge is 0.496 e. The number of carbonyl (C=O) groups excluding carboxylic acids is 1. The first-order valence-electron chi connectivity index (χ1n) is 5.55. The number of benzene rings is 2. The van der Waals surface area contributed by atoms with Crippen molar-refractivity contribution < 1.29 is 9.53 Å². The zero-order valence-electron chi connectivity index (χ0n) is 10.2. The molecule has 0 heterocycles. The molecule has 2 aromatic rings. The van der Waals surface area contributed by atoms with Crippen molar-refractivity contribution in [3.05, 3.63) is 52.5 Å². The molecule has 0 fully saturated rings. The average molecular weight is 261 g/mol. The van der Waals surface area contributed by atoms with Crippen LogP contribution in [0.1, 0.15) is 15.9 Å². The minimum atomic E-state index is 0.534. The predicted molar refractivity (Wildman–Crippen MR) is 73.6 cm³/mol. The van der Waals surface area contributed by atoms with Gasteiger partial charge < -0.3 is 4.74 Å². The van der Waals surface area contributed by atoms with Crippen molar-refractivity contribution in [1.82, 2.24) is 0 Å². The van der Waals surface area contributed by atoms with Gasteiger partial charge in [-0.05, 0) is 41.8 Å². The maximum Gasteiger partial charge on any atom is 0.153 e. The second-order valence-electron chi connectivity index (χ2n) is 4.04. The van der Waals surface area contributed by atoms with E-state index in [9.17, 15) is 4.79 Å². The molecule has 92 valence electrons. The molecule has 3 heteroatoms. The topological polar surface area (TPSA) is 26.3 Å². The van der Waals surface area contributed by atoms with Crippen molar-refractivity contribution >= 4 is 17.9 Å². The first-order chi connectivity index (χ1) is 8.65. The average Bonchev–Trinajstić information content (AvgIpc) is 2.41. The van der Waals surface area contributed by atoms with Gasteiger partial charge in [0.15, 0.2) is 6.29 Å². The third-order valence-corrected chi connectivity index (χ3v) is 3.27. The molecule has 2 nitrogen and oxygen atoms in total. The molecule has 0 aliphatic heterocycles. The van der Waals surface area contributed by atoms with E-state index in [4.69, 9.17) is 16.3 Å². The lowest BCUT2D eigenvalue weighted by atomic mass is 10.0. The molecular formula is C15H13ClO2. The number of carbonyl (C=O) groups is 1. The fourth-order valence-corrected chi connectivity index (χ4v) is 1.96. The van der Waals surface area contributed by atoms with Gasteiger partial charge in [0, 0.05) is 5.02 Å². The SMILES string of the molecule is COc1ccc(-c2ccc(C)c(Cl)c2)cc1C=O. The Kier molecular flexibility index (Phi) is 3.68. The second kappa shape index (κ2) is 5.23. The Bertz CT molecular complexity index is 591. The summed E-state index contributed by atoms with van der Waals surface area (Å²) in [5, 5.41) is 0.718. The highest BCUT2D eigenvalue weighted by Gasteiger charge is 2.06. The monoisotopic (exact) mass is 260 g/mol. The molecule has 2 rings (SSSR count). The molecule has 0 aromatic heterocycles. The highest BCUT2D eigenvalue weighted by atomic mass is 35.5. The summed E-state index contributed by atoms with van der Waals surface area (Å²) in [5.41, 5.74) is 3.49. The van der Waals surface area contributed by atoms with Gasteiger partial charge in [-0.3, -0.25) is 4.79 Å². The Morgan fingerprint density at radius 2 is 1.78 bits per heavy atom. The molecule has 0 saturated heterocycles. The van der Waals surface area contributed by atoms with Gasteiger partial charge in [-0.2, -0.15) is 0 Å². The Labute approximate surface area is 111 Å². The smallest absolute Gasteiger partial charge is 0.153 e. The number of rotatable bonds is 3. The van der Waals surface area contributed by atoms with Crippen LogP contribution >= 0.6 is 11.6 Å². The van der Waals surface area contributed by atoms with E-state index in [1.165, 1.54) is 0 Å². The summed E-state index contributed by atoms with van der Waals surface area (Å²) in [7, 11) is 1.55. The van der Waals surface area contributed by atoms with Crippen molar-refractivity contribution in [2.45, 2.75) is 6.92 Å². The van der Waals surface area contributed by atoms with Gasteiger partial charge in [0.2, 0.25) is 0 Å². The molecule has 0 bridgehead atoms. The Morgan fingerprint density at radius 3 is 2.39 bits per heavy atom. The fourth-order valence-electron chi connectivity index (χ4n) is 1.78. The van der Waals surface area contributed by atoms with Gasteiger partial charge in [-0.1, -0.05) is 29.8 Å². The van der Waals surface area contributed by atoms with Gasteiger partial charge in [0.05, 0.1) is 12.7 Å². The molecule has 18 heavy (non-hydrogen) atoms. The van der Waals surface area contributed by atoms with Gasteiger partial charge in [0.25, 0.3) is 0 Å². The van der Waals surface area contributed by atoms with Crippen molar-refractivity contribution in [3.63, 3.8) is 0 Å². The Balaban J connectivity index is 2.50. The molecule has 0 spiro atoms. The van der Waals surface area contributed by atoms with E-state index in [1.54, 1.807) is 19.2 Å². The zero-order valence-corrected chi connectivity index (χ0v) is 11.0. The van der Waals surface area contributed by atoms with Crippen LogP contribution in [0.15, 0.2) is 36.4 Å². The Morgan fingerprint density at radius 1 is 1.11 bits per heavy atom. The van der Waals surface area contributed by atoms with E-state index in [2.05, 4.69) is 0 Å². The summed E-state index contributed by atoms with van der Waals surface area (Å²) in [5.74, 6) is 0.576. The van der Waals surface area contributed by atoms with Crippen molar-refractivity contribution in [2.24, 2.45) is 0 Å². The molecule has 0 aliphatic carbocycles. The molecule has 0 atom stereocenters. The number of halogens is 1. The van der Waals surface area contributed by atoms with E-state index in [0.29, 0.717) is 11.3 Å². The lowest BCUT2D eigenvalue weighted by molar-refractivity contribution is 0.112. The Hall–Kier alpha value is -1.80. The molecule has 0 unspecified atom stereocenters. The fraction of sp³-hybridized carbons (Fsp3) is 0.133. The summed E-state index contributed by atoms with van der Waals surface area (Å²) < 4.78 is 5.11. The molecule has 0 N–H and O–H groups in total. The number of hydrogen-bond acceptors (Lipinski definition) is 2. The van der Waals surface area contributed by atoms with Crippen LogP contribution in [0.2, 0.25) is 5.02 Å². The van der Waals surface area contributed by atoms with Crippen molar-refractivity contribution in [3.8, 4) is 16.9 Å². The van der Waals surface area contributed by atoms with E-state index >= 15 is 0 Å². The van der Waals surface area contributed by atoms with E-state index in [-0.39, 0.29) is 0 Å². The molecule has 0 aliphatic rings. The normalized spacial score (nSPS) is 10.2. The van der Waals surface area contributed by atoms with Gasteiger partial charge >= 0.3 is 0 Å². The maximum atomic E-state index is 11.0. The molecular weight excluding hydrogens is 248 g/mol. The second-order valence-corrected chi connectivity index (χ2v) is 4.45. The maximum absolute atomic E-state index is 11.0. The number of aldehydes is 1. The minimum absolute atomic E-state index is 0.534. The predicted octanol–water partition coefficient (Wildman–Crippen LogP) is 4.14. The van der Waals surface area contributed by atoms with Gasteiger partial charge in [0.1, 0.15) is 5.75 Å². The van der Waals surface area contributed by atoms with Crippen LogP contribution in [0, 0.1) is 6.92 Å². The van der Waals surface area contributed by atoms with Crippen LogP contribution in [0.25, 0.3) is 11.1 Å². The van der Waals surface area contributed by atoms with Crippen LogP contribution in [0.4, 0.5) is 0 Å². The number of methoxy groups -OCH3 is 1. The molecule has 0 saturated carbocycles. The molecule has 0 amide bonds. The third-order valence-electron chi connectivity index (χ3n) is 2.86. The standard InChI is InChI=1S/C15H13ClO2/c1-10-3-4-12(8-14(10)16)11-5-6-15(18-2)13(7-11)9-17/h3-9H,1-2H3. The highest BCUT2D eigenvalue weighted by molar-refractivity contribution is 6.31. The van der Waals surface area contributed by atoms with Crippen molar-refractivity contribution in [2.75, 3.05) is 7.11 Å². The lowest BCUT2D eigenvalue weighted by Crippen LogP contribution is -1.91. The van der Waals surface area contributed by atoms with Crippen molar-refractivity contribution in [1.29, 1.82) is 0 Å². The summed E-state index contributed by atoms with van der Waals surface area (Å²) >= 11 is 6.10. The first-order valence-corrected chi connectivity index (χ1v) is 5.93. The lowest BCUT2D eigenvalue weighted by Gasteiger charge is -2.08. The molecule has 0 radical (unpaired) electrons. The van der Waals surface area contributed by atoms with Crippen LogP contribution in [-0.2, 0) is 0 Å². The van der Waals surface area contributed by atoms with Crippen LogP contribution in [-0.4, -0.2) is 13.4 Å². The highest BCUT2D eigenvalue weighted by Crippen LogP contribution is 2.28. The van der Waals surface area contributed by atoms with Crippen LogP contribution in [0.5, 0.6) is 5.75 Å².